The first-order valence-electron chi connectivity index (χ1n) is 7.48. The largest absolute Gasteiger partial charge is 0.0916 e. The molecule has 1 atom stereocenters. The predicted molar refractivity (Wildman–Crippen MR) is 90.1 cm³/mol. The van der Waals surface area contributed by atoms with Crippen LogP contribution < -0.4 is 0 Å². The summed E-state index contributed by atoms with van der Waals surface area (Å²) in [5, 5.41) is 0. The van der Waals surface area contributed by atoms with Crippen LogP contribution in [0.5, 0.6) is 0 Å². The average molecular weight is 266 g/mol. The van der Waals surface area contributed by atoms with E-state index < -0.39 is 0 Å². The Morgan fingerprint density at radius 3 is 1.90 bits per heavy atom. The lowest BCUT2D eigenvalue weighted by atomic mass is 9.98. The summed E-state index contributed by atoms with van der Waals surface area (Å²) in [4.78, 5) is 0. The first-order valence-corrected chi connectivity index (χ1v) is 7.48. The predicted octanol–water partition coefficient (Wildman–Crippen LogP) is 6.01. The minimum Gasteiger partial charge on any atom is -0.0916 e. The summed E-state index contributed by atoms with van der Waals surface area (Å²) in [7, 11) is 0. The van der Waals surface area contributed by atoms with Crippen LogP contribution in [-0.2, 0) is 6.42 Å². The number of rotatable bonds is 4. The van der Waals surface area contributed by atoms with Gasteiger partial charge in [0.05, 0.1) is 0 Å². The highest BCUT2D eigenvalue weighted by Gasteiger charge is 2.00. The van der Waals surface area contributed by atoms with Crippen molar-refractivity contribution in [2.24, 2.45) is 0 Å². The van der Waals surface area contributed by atoms with Crippen molar-refractivity contribution in [2.45, 2.75) is 39.5 Å². The fraction of sp³-hybridized carbons (Fsp3) is 0.300. The lowest BCUT2D eigenvalue weighted by molar-refractivity contribution is 0.780. The summed E-state index contributed by atoms with van der Waals surface area (Å²) >= 11 is 0. The maximum atomic E-state index is 2.26. The van der Waals surface area contributed by atoms with Gasteiger partial charge in [0.1, 0.15) is 0 Å². The first-order chi connectivity index (χ1) is 9.77. The second-order valence-electron chi connectivity index (χ2n) is 4.96. The molecule has 0 radical (unpaired) electrons. The minimum atomic E-state index is 0.641. The molecular formula is C20H26. The monoisotopic (exact) mass is 266 g/mol. The molecule has 106 valence electrons. The van der Waals surface area contributed by atoms with Crippen LogP contribution in [0.3, 0.4) is 0 Å². The number of hydrogen-bond acceptors (Lipinski definition) is 0. The van der Waals surface area contributed by atoms with Crippen molar-refractivity contribution in [3.63, 3.8) is 0 Å². The highest BCUT2D eigenvalue weighted by Crippen LogP contribution is 2.18. The van der Waals surface area contributed by atoms with Crippen LogP contribution in [0.4, 0.5) is 0 Å². The van der Waals surface area contributed by atoms with Crippen molar-refractivity contribution < 1.29 is 0 Å². The Morgan fingerprint density at radius 2 is 1.45 bits per heavy atom. The Labute approximate surface area is 124 Å². The molecule has 0 fully saturated rings. The van der Waals surface area contributed by atoms with E-state index in [9.17, 15) is 0 Å². The Balaban J connectivity index is 0.000000217. The Hall–Kier alpha value is -1.82. The van der Waals surface area contributed by atoms with Gasteiger partial charge in [0.2, 0.25) is 0 Å². The number of benzene rings is 2. The lowest BCUT2D eigenvalue weighted by Crippen LogP contribution is -1.89. The van der Waals surface area contributed by atoms with Gasteiger partial charge in [-0.3, -0.25) is 0 Å². The summed E-state index contributed by atoms with van der Waals surface area (Å²) in [6.45, 7) is 6.49. The SMILES string of the molecule is CC=CCC(C)c1ccccc1.CCc1ccccc1. The normalized spacial score (nSPS) is 11.8. The van der Waals surface area contributed by atoms with Gasteiger partial charge in [0.25, 0.3) is 0 Å². The third-order valence-electron chi connectivity index (χ3n) is 3.35. The molecule has 0 aliphatic carbocycles. The molecule has 0 aliphatic rings. The zero-order valence-electron chi connectivity index (χ0n) is 12.9. The van der Waals surface area contributed by atoms with Gasteiger partial charge in [0, 0.05) is 0 Å². The van der Waals surface area contributed by atoms with Crippen molar-refractivity contribution in [3.8, 4) is 0 Å². The fourth-order valence-electron chi connectivity index (χ4n) is 1.97. The molecule has 0 nitrogen and oxygen atoms in total. The quantitative estimate of drug-likeness (QED) is 0.595. The van der Waals surface area contributed by atoms with Crippen LogP contribution in [-0.4, -0.2) is 0 Å². The standard InChI is InChI=1S/C12H16.C8H10/c1-3-4-8-11(2)12-9-6-5-7-10-12;1-2-8-6-4-3-5-7-8/h3-7,9-11H,8H2,1-2H3;3-7H,2H2,1H3. The molecule has 0 N–H and O–H groups in total. The van der Waals surface area contributed by atoms with Crippen molar-refractivity contribution in [1.82, 2.24) is 0 Å². The first kappa shape index (κ1) is 16.2. The fourth-order valence-corrected chi connectivity index (χ4v) is 1.97. The van der Waals surface area contributed by atoms with Crippen LogP contribution >= 0.6 is 0 Å². The van der Waals surface area contributed by atoms with Crippen LogP contribution in [0.15, 0.2) is 72.8 Å². The molecule has 0 saturated heterocycles. The molecule has 0 heterocycles. The topological polar surface area (TPSA) is 0 Å². The second kappa shape index (κ2) is 10.0. The molecular weight excluding hydrogens is 240 g/mol. The van der Waals surface area contributed by atoms with Crippen LogP contribution in [0.1, 0.15) is 44.2 Å². The summed E-state index contributed by atoms with van der Waals surface area (Å²) in [6.07, 6.45) is 6.61. The zero-order chi connectivity index (χ0) is 14.6. The molecule has 2 aromatic rings. The highest BCUT2D eigenvalue weighted by atomic mass is 14.1. The zero-order valence-corrected chi connectivity index (χ0v) is 12.9. The number of hydrogen-bond donors (Lipinski definition) is 0. The van der Waals surface area contributed by atoms with E-state index in [1.165, 1.54) is 11.1 Å². The van der Waals surface area contributed by atoms with Crippen molar-refractivity contribution in [1.29, 1.82) is 0 Å². The van der Waals surface area contributed by atoms with Crippen molar-refractivity contribution >= 4 is 0 Å². The van der Waals surface area contributed by atoms with Gasteiger partial charge in [-0.1, -0.05) is 86.7 Å². The van der Waals surface area contributed by atoms with E-state index >= 15 is 0 Å². The second-order valence-corrected chi connectivity index (χ2v) is 4.96. The van der Waals surface area contributed by atoms with E-state index in [4.69, 9.17) is 0 Å². The Kier molecular flexibility index (Phi) is 8.14. The van der Waals surface area contributed by atoms with Gasteiger partial charge >= 0.3 is 0 Å². The molecule has 1 unspecified atom stereocenters. The molecule has 2 rings (SSSR count). The molecule has 20 heavy (non-hydrogen) atoms. The van der Waals surface area contributed by atoms with Crippen molar-refractivity contribution in [3.05, 3.63) is 83.9 Å². The van der Waals surface area contributed by atoms with Crippen LogP contribution in [0.2, 0.25) is 0 Å². The highest BCUT2D eigenvalue weighted by molar-refractivity contribution is 5.19. The molecule has 0 aliphatic heterocycles. The van der Waals surface area contributed by atoms with Gasteiger partial charge in [0.15, 0.2) is 0 Å². The van der Waals surface area contributed by atoms with E-state index in [2.05, 4.69) is 87.5 Å². The van der Waals surface area contributed by atoms with E-state index in [1.54, 1.807) is 0 Å². The van der Waals surface area contributed by atoms with Gasteiger partial charge < -0.3 is 0 Å². The summed E-state index contributed by atoms with van der Waals surface area (Å²) in [5.74, 6) is 0.641. The third kappa shape index (κ3) is 6.38. The maximum absolute atomic E-state index is 2.26. The summed E-state index contributed by atoms with van der Waals surface area (Å²) < 4.78 is 0. The summed E-state index contributed by atoms with van der Waals surface area (Å²) in [5.41, 5.74) is 2.84. The molecule has 0 bridgehead atoms. The lowest BCUT2D eigenvalue weighted by Gasteiger charge is -2.07. The maximum Gasteiger partial charge on any atom is -0.0156 e. The molecule has 0 amide bonds. The van der Waals surface area contributed by atoms with E-state index in [-0.39, 0.29) is 0 Å². The minimum absolute atomic E-state index is 0.641. The molecule has 0 spiro atoms. The Morgan fingerprint density at radius 1 is 0.900 bits per heavy atom. The summed E-state index contributed by atoms with van der Waals surface area (Å²) in [6, 6.07) is 21.1. The van der Waals surface area contributed by atoms with E-state index in [0.717, 1.165) is 12.8 Å². The van der Waals surface area contributed by atoms with Crippen LogP contribution in [0.25, 0.3) is 0 Å². The molecule has 0 saturated carbocycles. The number of aryl methyl sites for hydroxylation is 1. The van der Waals surface area contributed by atoms with E-state index in [0.29, 0.717) is 5.92 Å². The van der Waals surface area contributed by atoms with Crippen LogP contribution in [0, 0.1) is 0 Å². The van der Waals surface area contributed by atoms with Crippen molar-refractivity contribution in [2.75, 3.05) is 0 Å². The van der Waals surface area contributed by atoms with Gasteiger partial charge in [-0.25, -0.2) is 0 Å². The third-order valence-corrected chi connectivity index (χ3v) is 3.35. The van der Waals surface area contributed by atoms with E-state index in [1.807, 2.05) is 6.07 Å². The van der Waals surface area contributed by atoms with Gasteiger partial charge in [-0.15, -0.1) is 0 Å². The molecule has 2 aromatic carbocycles. The molecule has 0 heteroatoms. The molecule has 0 aromatic heterocycles. The average Bonchev–Trinajstić information content (AvgIpc) is 2.54. The Bertz CT molecular complexity index is 468. The van der Waals surface area contributed by atoms with Gasteiger partial charge in [-0.2, -0.15) is 0 Å². The van der Waals surface area contributed by atoms with Gasteiger partial charge in [-0.05, 0) is 36.8 Å². The number of allylic oxidation sites excluding steroid dienone is 2. The smallest absolute Gasteiger partial charge is 0.0156 e.